The Labute approximate surface area is 175 Å². The fourth-order valence-electron chi connectivity index (χ4n) is 4.08. The summed E-state index contributed by atoms with van der Waals surface area (Å²) < 4.78 is 10.3. The summed E-state index contributed by atoms with van der Waals surface area (Å²) >= 11 is 0. The number of amides is 3. The van der Waals surface area contributed by atoms with Gasteiger partial charge in [-0.2, -0.15) is 0 Å². The number of nitrogens with one attached hydrogen (secondary N) is 1. The van der Waals surface area contributed by atoms with E-state index in [0.29, 0.717) is 18.6 Å². The van der Waals surface area contributed by atoms with Crippen molar-refractivity contribution in [2.75, 3.05) is 7.11 Å². The zero-order valence-corrected chi connectivity index (χ0v) is 17.6. The second kappa shape index (κ2) is 9.28. The van der Waals surface area contributed by atoms with E-state index in [9.17, 15) is 19.2 Å². The van der Waals surface area contributed by atoms with Crippen molar-refractivity contribution in [2.24, 2.45) is 11.8 Å². The molecular formula is C22H28N2O6. The number of fused-ring (bicyclic) bond motifs is 1. The maximum absolute atomic E-state index is 12.6. The van der Waals surface area contributed by atoms with Crippen LogP contribution in [-0.4, -0.2) is 47.8 Å². The second-order valence-electron chi connectivity index (χ2n) is 7.86. The first-order valence-electron chi connectivity index (χ1n) is 10.3. The predicted octanol–water partition coefficient (Wildman–Crippen LogP) is 1.81. The molecule has 0 unspecified atom stereocenters. The quantitative estimate of drug-likeness (QED) is 0.537. The molecule has 162 valence electrons. The van der Waals surface area contributed by atoms with Crippen molar-refractivity contribution in [3.8, 4) is 5.75 Å². The largest absolute Gasteiger partial charge is 0.497 e. The number of carbonyl (C=O) groups is 4. The Morgan fingerprint density at radius 3 is 2.17 bits per heavy atom. The van der Waals surface area contributed by atoms with Crippen LogP contribution in [-0.2, 0) is 30.5 Å². The minimum absolute atomic E-state index is 0.271. The molecule has 1 saturated carbocycles. The maximum atomic E-state index is 12.6. The number of methoxy groups -OCH3 is 1. The zero-order chi connectivity index (χ0) is 21.8. The van der Waals surface area contributed by atoms with Gasteiger partial charge in [-0.3, -0.25) is 19.3 Å². The summed E-state index contributed by atoms with van der Waals surface area (Å²) in [7, 11) is 1.57. The van der Waals surface area contributed by atoms with E-state index in [1.54, 1.807) is 19.2 Å². The van der Waals surface area contributed by atoms with Crippen LogP contribution in [0.3, 0.4) is 0 Å². The van der Waals surface area contributed by atoms with Gasteiger partial charge in [-0.1, -0.05) is 25.0 Å². The summed E-state index contributed by atoms with van der Waals surface area (Å²) in [6.07, 6.45) is 2.14. The SMILES string of the molecule is COc1ccc(CNC(=O)[C@@H](C)OC(=O)[C@H](C)N2C(=O)[C@H]3CCCC[C@@H]3C2=O)cc1. The lowest BCUT2D eigenvalue weighted by atomic mass is 9.81. The van der Waals surface area contributed by atoms with Crippen molar-refractivity contribution in [1.82, 2.24) is 10.2 Å². The first-order chi connectivity index (χ1) is 14.3. The molecule has 1 aromatic carbocycles. The Morgan fingerprint density at radius 2 is 1.63 bits per heavy atom. The molecule has 1 N–H and O–H groups in total. The highest BCUT2D eigenvalue weighted by Gasteiger charge is 2.51. The first kappa shape index (κ1) is 21.8. The third kappa shape index (κ3) is 4.47. The second-order valence-corrected chi connectivity index (χ2v) is 7.86. The van der Waals surface area contributed by atoms with Gasteiger partial charge in [0.1, 0.15) is 11.8 Å². The highest BCUT2D eigenvalue weighted by Crippen LogP contribution is 2.38. The minimum Gasteiger partial charge on any atom is -0.497 e. The van der Waals surface area contributed by atoms with Crippen molar-refractivity contribution >= 4 is 23.7 Å². The molecule has 0 bridgehead atoms. The molecule has 3 amide bonds. The average molecular weight is 416 g/mol. The highest BCUT2D eigenvalue weighted by atomic mass is 16.5. The lowest BCUT2D eigenvalue weighted by Gasteiger charge is -2.23. The van der Waals surface area contributed by atoms with Gasteiger partial charge in [0.15, 0.2) is 6.10 Å². The molecule has 30 heavy (non-hydrogen) atoms. The Bertz CT molecular complexity index is 797. The molecule has 0 aromatic heterocycles. The van der Waals surface area contributed by atoms with E-state index in [0.717, 1.165) is 23.3 Å². The summed E-state index contributed by atoms with van der Waals surface area (Å²) in [6, 6.07) is 6.17. The van der Waals surface area contributed by atoms with Gasteiger partial charge in [0.2, 0.25) is 11.8 Å². The fourth-order valence-corrected chi connectivity index (χ4v) is 4.08. The Morgan fingerprint density at radius 1 is 1.07 bits per heavy atom. The van der Waals surface area contributed by atoms with Gasteiger partial charge in [0.25, 0.3) is 5.91 Å². The van der Waals surface area contributed by atoms with Gasteiger partial charge in [-0.25, -0.2) is 4.79 Å². The van der Waals surface area contributed by atoms with E-state index in [-0.39, 0.29) is 30.2 Å². The molecule has 1 saturated heterocycles. The molecule has 8 heteroatoms. The topological polar surface area (TPSA) is 102 Å². The zero-order valence-electron chi connectivity index (χ0n) is 17.6. The lowest BCUT2D eigenvalue weighted by molar-refractivity contribution is -0.164. The average Bonchev–Trinajstić information content (AvgIpc) is 3.02. The van der Waals surface area contributed by atoms with Crippen LogP contribution >= 0.6 is 0 Å². The van der Waals surface area contributed by atoms with Crippen LogP contribution in [0.5, 0.6) is 5.75 Å². The molecule has 1 aliphatic carbocycles. The van der Waals surface area contributed by atoms with E-state index in [1.807, 2.05) is 12.1 Å². The van der Waals surface area contributed by atoms with E-state index < -0.39 is 24.0 Å². The molecule has 0 spiro atoms. The van der Waals surface area contributed by atoms with E-state index in [2.05, 4.69) is 5.32 Å². The summed E-state index contributed by atoms with van der Waals surface area (Å²) in [4.78, 5) is 51.1. The van der Waals surface area contributed by atoms with Crippen LogP contribution in [0.4, 0.5) is 0 Å². The summed E-state index contributed by atoms with van der Waals surface area (Å²) in [5.41, 5.74) is 0.868. The number of likely N-dealkylation sites (tertiary alicyclic amines) is 1. The summed E-state index contributed by atoms with van der Waals surface area (Å²) in [6.45, 7) is 3.20. The molecule has 1 aliphatic heterocycles. The summed E-state index contributed by atoms with van der Waals surface area (Å²) in [5.74, 6) is -1.76. The van der Waals surface area contributed by atoms with E-state index in [4.69, 9.17) is 9.47 Å². The van der Waals surface area contributed by atoms with E-state index >= 15 is 0 Å². The molecule has 0 radical (unpaired) electrons. The van der Waals surface area contributed by atoms with Crippen LogP contribution in [0.15, 0.2) is 24.3 Å². The molecule has 3 rings (SSSR count). The number of ether oxygens (including phenoxy) is 2. The van der Waals surface area contributed by atoms with Gasteiger partial charge >= 0.3 is 5.97 Å². The number of nitrogens with zero attached hydrogens (tertiary/aromatic N) is 1. The van der Waals surface area contributed by atoms with Gasteiger partial charge in [0.05, 0.1) is 18.9 Å². The minimum atomic E-state index is -1.05. The Kier molecular flexibility index (Phi) is 6.74. The number of benzene rings is 1. The van der Waals surface area contributed by atoms with Crippen molar-refractivity contribution in [3.05, 3.63) is 29.8 Å². The third-order valence-electron chi connectivity index (χ3n) is 5.89. The summed E-state index contributed by atoms with van der Waals surface area (Å²) in [5, 5.41) is 2.70. The maximum Gasteiger partial charge on any atom is 0.329 e. The van der Waals surface area contributed by atoms with Crippen LogP contribution < -0.4 is 10.1 Å². The van der Waals surface area contributed by atoms with Crippen molar-refractivity contribution in [3.63, 3.8) is 0 Å². The predicted molar refractivity (Wildman–Crippen MR) is 107 cm³/mol. The smallest absolute Gasteiger partial charge is 0.329 e. The molecule has 1 heterocycles. The molecule has 8 nitrogen and oxygen atoms in total. The van der Waals surface area contributed by atoms with Crippen molar-refractivity contribution in [2.45, 2.75) is 58.2 Å². The number of rotatable bonds is 7. The fraction of sp³-hybridized carbons (Fsp3) is 0.545. The van der Waals surface area contributed by atoms with Crippen molar-refractivity contribution < 1.29 is 28.7 Å². The standard InChI is InChI=1S/C22H28N2O6/c1-13(24-20(26)17-6-4-5-7-18(17)21(24)27)22(28)30-14(2)19(25)23-12-15-8-10-16(29-3)11-9-15/h8-11,13-14,17-18H,4-7,12H2,1-3H3,(H,23,25)/t13-,14+,17-,18-/m0/s1. The first-order valence-corrected chi connectivity index (χ1v) is 10.3. The van der Waals surface area contributed by atoms with Gasteiger partial charge in [-0.05, 0) is 44.4 Å². The van der Waals surface area contributed by atoms with Crippen LogP contribution in [0, 0.1) is 11.8 Å². The van der Waals surface area contributed by atoms with Gasteiger partial charge in [-0.15, -0.1) is 0 Å². The normalized spacial score (nSPS) is 22.8. The molecule has 2 aliphatic rings. The molecule has 4 atom stereocenters. The Balaban J connectivity index is 1.53. The molecular weight excluding hydrogens is 388 g/mol. The molecule has 2 fully saturated rings. The number of hydrogen-bond donors (Lipinski definition) is 1. The monoisotopic (exact) mass is 416 g/mol. The number of hydrogen-bond acceptors (Lipinski definition) is 6. The van der Waals surface area contributed by atoms with Crippen LogP contribution in [0.2, 0.25) is 0 Å². The number of imide groups is 1. The number of carbonyl (C=O) groups excluding carboxylic acids is 4. The van der Waals surface area contributed by atoms with Crippen LogP contribution in [0.25, 0.3) is 0 Å². The van der Waals surface area contributed by atoms with Gasteiger partial charge < -0.3 is 14.8 Å². The van der Waals surface area contributed by atoms with Gasteiger partial charge in [0, 0.05) is 6.54 Å². The highest BCUT2D eigenvalue weighted by molar-refractivity contribution is 6.07. The molecule has 1 aromatic rings. The lowest BCUT2D eigenvalue weighted by Crippen LogP contribution is -2.46. The third-order valence-corrected chi connectivity index (χ3v) is 5.89. The Hall–Kier alpha value is -2.90. The van der Waals surface area contributed by atoms with Crippen molar-refractivity contribution in [1.29, 1.82) is 0 Å². The number of esters is 1. The van der Waals surface area contributed by atoms with Crippen LogP contribution in [0.1, 0.15) is 45.1 Å². The van der Waals surface area contributed by atoms with E-state index in [1.165, 1.54) is 13.8 Å².